The Kier molecular flexibility index (Phi) is 6.66. The van der Waals surface area contributed by atoms with Gasteiger partial charge in [-0.25, -0.2) is 4.79 Å². The van der Waals surface area contributed by atoms with Gasteiger partial charge in [0.05, 0.1) is 19.3 Å². The minimum absolute atomic E-state index is 0.394. The molecule has 1 N–H and O–H groups in total. The molecule has 1 unspecified atom stereocenters. The topological polar surface area (TPSA) is 55.8 Å². The Morgan fingerprint density at radius 3 is 1.93 bits per heavy atom. The summed E-state index contributed by atoms with van der Waals surface area (Å²) in [6.45, 7) is 8.79. The maximum atomic E-state index is 11.7. The van der Waals surface area contributed by atoms with Gasteiger partial charge in [-0.1, -0.05) is 58.4 Å². The van der Waals surface area contributed by atoms with Crippen molar-refractivity contribution in [3.63, 3.8) is 0 Å². The third-order valence-corrected chi connectivity index (χ3v) is 4.85. The first-order chi connectivity index (χ1) is 12.7. The molecule has 0 aromatic heterocycles. The Morgan fingerprint density at radius 2 is 1.48 bits per heavy atom. The van der Waals surface area contributed by atoms with Crippen LogP contribution in [0.5, 0.6) is 5.75 Å². The highest BCUT2D eigenvalue weighted by Gasteiger charge is 2.43. The molecule has 146 valence electrons. The highest BCUT2D eigenvalue weighted by Crippen LogP contribution is 2.45. The second-order valence-electron chi connectivity index (χ2n) is 7.76. The third-order valence-electron chi connectivity index (χ3n) is 4.85. The average Bonchev–Trinajstić information content (AvgIpc) is 2.66. The summed E-state index contributed by atoms with van der Waals surface area (Å²) in [6.07, 6.45) is 2.10. The summed E-state index contributed by atoms with van der Waals surface area (Å²) in [5.74, 6) is 0.402. The molecule has 1 atom stereocenters. The van der Waals surface area contributed by atoms with E-state index >= 15 is 0 Å². The molecule has 0 saturated carbocycles. The standard InChI is InChI=1S/C23H30O4/c1-6-7-16-27-20-14-12-19(13-15-20)23(25,22(2,3)4)18-10-8-17(9-11-18)21(24)26-5/h8-15,25H,6-7,16H2,1-5H3. The second-order valence-corrected chi connectivity index (χ2v) is 7.76. The quantitative estimate of drug-likeness (QED) is 0.554. The van der Waals surface area contributed by atoms with Crippen LogP contribution in [-0.2, 0) is 10.3 Å². The smallest absolute Gasteiger partial charge is 0.337 e. The SMILES string of the molecule is CCCCOc1ccc(C(O)(c2ccc(C(=O)OC)cc2)C(C)(C)C)cc1. The average molecular weight is 370 g/mol. The van der Waals surface area contributed by atoms with Gasteiger partial charge in [-0.3, -0.25) is 0 Å². The first kappa shape index (κ1) is 21.0. The van der Waals surface area contributed by atoms with Crippen LogP contribution in [0, 0.1) is 5.41 Å². The van der Waals surface area contributed by atoms with Gasteiger partial charge < -0.3 is 14.6 Å². The first-order valence-corrected chi connectivity index (χ1v) is 9.38. The minimum atomic E-state index is -1.22. The first-order valence-electron chi connectivity index (χ1n) is 9.38. The van der Waals surface area contributed by atoms with E-state index in [0.717, 1.165) is 29.7 Å². The predicted molar refractivity (Wildman–Crippen MR) is 107 cm³/mol. The van der Waals surface area contributed by atoms with Gasteiger partial charge in [0.1, 0.15) is 11.4 Å². The summed E-state index contributed by atoms with van der Waals surface area (Å²) in [6, 6.07) is 14.5. The van der Waals surface area contributed by atoms with Crippen LogP contribution in [0.3, 0.4) is 0 Å². The van der Waals surface area contributed by atoms with Crippen LogP contribution in [0.2, 0.25) is 0 Å². The number of rotatable bonds is 7. The monoisotopic (exact) mass is 370 g/mol. The summed E-state index contributed by atoms with van der Waals surface area (Å²) < 4.78 is 10.5. The van der Waals surface area contributed by atoms with E-state index in [-0.39, 0.29) is 0 Å². The molecular weight excluding hydrogens is 340 g/mol. The molecule has 0 saturated heterocycles. The van der Waals surface area contributed by atoms with E-state index in [1.54, 1.807) is 24.3 Å². The molecule has 0 aliphatic rings. The molecular formula is C23H30O4. The zero-order chi connectivity index (χ0) is 20.1. The zero-order valence-corrected chi connectivity index (χ0v) is 16.9. The van der Waals surface area contributed by atoms with Crippen molar-refractivity contribution >= 4 is 5.97 Å². The molecule has 0 amide bonds. The molecule has 2 aromatic rings. The van der Waals surface area contributed by atoms with Crippen molar-refractivity contribution in [1.82, 2.24) is 0 Å². The number of benzene rings is 2. The molecule has 27 heavy (non-hydrogen) atoms. The van der Waals surface area contributed by atoms with Crippen molar-refractivity contribution in [3.05, 3.63) is 65.2 Å². The fraction of sp³-hybridized carbons (Fsp3) is 0.435. The van der Waals surface area contributed by atoms with Crippen molar-refractivity contribution in [2.75, 3.05) is 13.7 Å². The van der Waals surface area contributed by atoms with Gasteiger partial charge in [0.25, 0.3) is 0 Å². The Hall–Kier alpha value is -2.33. The molecule has 0 spiro atoms. The van der Waals surface area contributed by atoms with Crippen molar-refractivity contribution in [1.29, 1.82) is 0 Å². The van der Waals surface area contributed by atoms with Crippen molar-refractivity contribution < 1.29 is 19.4 Å². The van der Waals surface area contributed by atoms with Crippen LogP contribution in [0.15, 0.2) is 48.5 Å². The van der Waals surface area contributed by atoms with E-state index < -0.39 is 17.0 Å². The van der Waals surface area contributed by atoms with Crippen molar-refractivity contribution in [2.24, 2.45) is 5.41 Å². The van der Waals surface area contributed by atoms with E-state index in [0.29, 0.717) is 12.2 Å². The van der Waals surface area contributed by atoms with Gasteiger partial charge in [0.2, 0.25) is 0 Å². The van der Waals surface area contributed by atoms with Crippen molar-refractivity contribution in [3.8, 4) is 5.75 Å². The molecule has 0 radical (unpaired) electrons. The number of esters is 1. The third kappa shape index (κ3) is 4.51. The van der Waals surface area contributed by atoms with Gasteiger partial charge in [0, 0.05) is 0 Å². The number of carbonyl (C=O) groups excluding carboxylic acids is 1. The van der Waals surface area contributed by atoms with Gasteiger partial charge in [-0.2, -0.15) is 0 Å². The fourth-order valence-electron chi connectivity index (χ4n) is 3.12. The minimum Gasteiger partial charge on any atom is -0.494 e. The maximum absolute atomic E-state index is 11.7. The normalized spacial score (nSPS) is 13.7. The lowest BCUT2D eigenvalue weighted by Crippen LogP contribution is -2.41. The summed E-state index contributed by atoms with van der Waals surface area (Å²) in [7, 11) is 1.35. The van der Waals surface area contributed by atoms with E-state index in [9.17, 15) is 9.90 Å². The number of aliphatic hydroxyl groups is 1. The summed E-state index contributed by atoms with van der Waals surface area (Å²) in [5, 5.41) is 11.7. The molecule has 4 nitrogen and oxygen atoms in total. The van der Waals surface area contributed by atoms with Gasteiger partial charge >= 0.3 is 5.97 Å². The number of ether oxygens (including phenoxy) is 2. The van der Waals surface area contributed by atoms with Crippen LogP contribution >= 0.6 is 0 Å². The van der Waals surface area contributed by atoms with Crippen LogP contribution in [-0.4, -0.2) is 24.8 Å². The number of hydrogen-bond donors (Lipinski definition) is 1. The molecule has 0 aliphatic heterocycles. The summed E-state index contributed by atoms with van der Waals surface area (Å²) >= 11 is 0. The molecule has 2 rings (SSSR count). The summed E-state index contributed by atoms with van der Waals surface area (Å²) in [5.41, 5.74) is 0.275. The molecule has 2 aromatic carbocycles. The Balaban J connectivity index is 2.38. The Labute approximate surface area is 162 Å². The van der Waals surface area contributed by atoms with E-state index in [1.807, 2.05) is 45.0 Å². The van der Waals surface area contributed by atoms with E-state index in [4.69, 9.17) is 9.47 Å². The van der Waals surface area contributed by atoms with Crippen LogP contribution in [0.25, 0.3) is 0 Å². The molecule has 0 bridgehead atoms. The Bertz CT molecular complexity index is 741. The molecule has 0 heterocycles. The largest absolute Gasteiger partial charge is 0.494 e. The Morgan fingerprint density at radius 1 is 0.963 bits per heavy atom. The molecule has 4 heteroatoms. The number of carbonyl (C=O) groups is 1. The fourth-order valence-corrected chi connectivity index (χ4v) is 3.12. The van der Waals surface area contributed by atoms with E-state index in [1.165, 1.54) is 7.11 Å². The van der Waals surface area contributed by atoms with Gasteiger partial charge in [-0.05, 0) is 47.2 Å². The second kappa shape index (κ2) is 8.57. The van der Waals surface area contributed by atoms with Crippen LogP contribution in [0.1, 0.15) is 62.0 Å². The molecule has 0 fully saturated rings. The summed E-state index contributed by atoms with van der Waals surface area (Å²) in [4.78, 5) is 11.7. The van der Waals surface area contributed by atoms with Gasteiger partial charge in [0.15, 0.2) is 0 Å². The highest BCUT2D eigenvalue weighted by molar-refractivity contribution is 5.89. The number of unbranched alkanes of at least 4 members (excludes halogenated alkanes) is 1. The highest BCUT2D eigenvalue weighted by atomic mass is 16.5. The zero-order valence-electron chi connectivity index (χ0n) is 16.9. The molecule has 0 aliphatic carbocycles. The predicted octanol–water partition coefficient (Wildman–Crippen LogP) is 4.93. The maximum Gasteiger partial charge on any atom is 0.337 e. The number of methoxy groups -OCH3 is 1. The van der Waals surface area contributed by atoms with Crippen LogP contribution in [0.4, 0.5) is 0 Å². The lowest BCUT2D eigenvalue weighted by molar-refractivity contribution is -0.0259. The van der Waals surface area contributed by atoms with E-state index in [2.05, 4.69) is 6.92 Å². The van der Waals surface area contributed by atoms with Gasteiger partial charge in [-0.15, -0.1) is 0 Å². The van der Waals surface area contributed by atoms with Crippen molar-refractivity contribution in [2.45, 2.75) is 46.1 Å². The lowest BCUT2D eigenvalue weighted by Gasteiger charge is -2.41. The number of hydrogen-bond acceptors (Lipinski definition) is 4. The lowest BCUT2D eigenvalue weighted by atomic mass is 9.68. The van der Waals surface area contributed by atoms with Crippen LogP contribution < -0.4 is 4.74 Å².